The molecule has 30 heavy (non-hydrogen) atoms. The molecule has 0 spiro atoms. The number of hydrogen-bond donors (Lipinski definition) is 0. The zero-order valence-corrected chi connectivity index (χ0v) is 17.2. The minimum Gasteiger partial charge on any atom is -0.441 e. The molecule has 0 saturated heterocycles. The molecule has 0 fully saturated rings. The van der Waals surface area contributed by atoms with Crippen molar-refractivity contribution >= 4 is 21.7 Å². The summed E-state index contributed by atoms with van der Waals surface area (Å²) in [5, 5.41) is 3.54. The van der Waals surface area contributed by atoms with Gasteiger partial charge in [0.2, 0.25) is 5.89 Å². The number of nitrogens with zero attached hydrogens (tertiary/aromatic N) is 3. The number of rotatable bonds is 5. The molecule has 0 bridgehead atoms. The first-order valence-electron chi connectivity index (χ1n) is 10.1. The van der Waals surface area contributed by atoms with Crippen molar-refractivity contribution in [1.29, 1.82) is 0 Å². The number of aryl methyl sites for hydroxylation is 1. The van der Waals surface area contributed by atoms with Gasteiger partial charge in [-0.25, -0.2) is 4.98 Å². The molecular weight excluding hydrogens is 370 g/mol. The van der Waals surface area contributed by atoms with E-state index in [2.05, 4.69) is 83.7 Å². The van der Waals surface area contributed by atoms with Crippen LogP contribution < -0.4 is 0 Å². The Balaban J connectivity index is 1.41. The van der Waals surface area contributed by atoms with Crippen LogP contribution in [0, 0.1) is 6.92 Å². The first-order chi connectivity index (χ1) is 14.7. The average Bonchev–Trinajstić information content (AvgIpc) is 3.13. The van der Waals surface area contributed by atoms with Gasteiger partial charge in [-0.15, -0.1) is 0 Å². The van der Waals surface area contributed by atoms with E-state index >= 15 is 0 Å². The van der Waals surface area contributed by atoms with Gasteiger partial charge in [0, 0.05) is 30.2 Å². The van der Waals surface area contributed by atoms with Crippen molar-refractivity contribution in [2.45, 2.75) is 20.0 Å². The third-order valence-electron chi connectivity index (χ3n) is 5.51. The number of fused-ring (bicyclic) bond motifs is 2. The fourth-order valence-electron chi connectivity index (χ4n) is 4.01. The summed E-state index contributed by atoms with van der Waals surface area (Å²) in [7, 11) is 2.11. The van der Waals surface area contributed by atoms with Crippen LogP contribution in [-0.2, 0) is 13.1 Å². The largest absolute Gasteiger partial charge is 0.441 e. The molecule has 0 unspecified atom stereocenters. The van der Waals surface area contributed by atoms with Crippen molar-refractivity contribution in [3.8, 4) is 11.5 Å². The topological polar surface area (TPSA) is 42.2 Å². The van der Waals surface area contributed by atoms with Gasteiger partial charge < -0.3 is 4.42 Å². The molecule has 0 saturated carbocycles. The molecule has 0 aliphatic heterocycles. The Morgan fingerprint density at radius 3 is 2.57 bits per heavy atom. The highest BCUT2D eigenvalue weighted by Gasteiger charge is 2.15. The van der Waals surface area contributed by atoms with E-state index in [1.807, 2.05) is 19.2 Å². The van der Waals surface area contributed by atoms with Gasteiger partial charge in [-0.05, 0) is 48.5 Å². The molecule has 0 atom stereocenters. The van der Waals surface area contributed by atoms with Crippen LogP contribution in [0.15, 0.2) is 83.4 Å². The van der Waals surface area contributed by atoms with E-state index in [-0.39, 0.29) is 0 Å². The summed E-state index contributed by atoms with van der Waals surface area (Å²) in [6, 6.07) is 25.0. The van der Waals surface area contributed by atoms with E-state index in [1.165, 1.54) is 16.3 Å². The summed E-state index contributed by atoms with van der Waals surface area (Å²) < 4.78 is 6.08. The molecule has 148 valence electrons. The number of oxazole rings is 1. The van der Waals surface area contributed by atoms with Gasteiger partial charge in [-0.3, -0.25) is 9.88 Å². The predicted octanol–water partition coefficient (Wildman–Crippen LogP) is 5.98. The van der Waals surface area contributed by atoms with Gasteiger partial charge in [0.25, 0.3) is 0 Å². The van der Waals surface area contributed by atoms with E-state index in [9.17, 15) is 0 Å². The highest BCUT2D eigenvalue weighted by Crippen LogP contribution is 2.30. The molecule has 0 amide bonds. The van der Waals surface area contributed by atoms with E-state index < -0.39 is 0 Å². The van der Waals surface area contributed by atoms with Gasteiger partial charge in [0.15, 0.2) is 0 Å². The minimum atomic E-state index is 0.682. The van der Waals surface area contributed by atoms with Crippen LogP contribution in [0.2, 0.25) is 0 Å². The molecule has 5 rings (SSSR count). The molecule has 2 aromatic heterocycles. The number of aromatic nitrogens is 2. The lowest BCUT2D eigenvalue weighted by Gasteiger charge is -2.16. The fourth-order valence-corrected chi connectivity index (χ4v) is 4.01. The zero-order valence-electron chi connectivity index (χ0n) is 17.2. The molecule has 5 aromatic rings. The van der Waals surface area contributed by atoms with Crippen LogP contribution in [0.3, 0.4) is 0 Å². The fraction of sp³-hybridized carbons (Fsp3) is 0.154. The third kappa shape index (κ3) is 3.46. The van der Waals surface area contributed by atoms with Crippen LogP contribution in [0.25, 0.3) is 33.1 Å². The van der Waals surface area contributed by atoms with Crippen molar-refractivity contribution in [1.82, 2.24) is 14.9 Å². The first-order valence-corrected chi connectivity index (χ1v) is 10.1. The van der Waals surface area contributed by atoms with Crippen LogP contribution in [0.1, 0.15) is 17.0 Å². The van der Waals surface area contributed by atoms with Crippen molar-refractivity contribution in [2.75, 3.05) is 7.05 Å². The summed E-state index contributed by atoms with van der Waals surface area (Å²) in [4.78, 5) is 11.6. The van der Waals surface area contributed by atoms with Crippen molar-refractivity contribution in [3.63, 3.8) is 0 Å². The summed E-state index contributed by atoms with van der Waals surface area (Å²) >= 11 is 0. The first kappa shape index (κ1) is 18.5. The maximum Gasteiger partial charge on any atom is 0.227 e. The molecule has 4 heteroatoms. The number of benzene rings is 3. The van der Waals surface area contributed by atoms with Gasteiger partial charge in [-0.1, -0.05) is 54.6 Å². The quantitative estimate of drug-likeness (QED) is 0.368. The molecule has 0 radical (unpaired) electrons. The summed E-state index contributed by atoms with van der Waals surface area (Å²) in [5.41, 5.74) is 4.29. The van der Waals surface area contributed by atoms with Crippen LogP contribution in [-0.4, -0.2) is 21.9 Å². The van der Waals surface area contributed by atoms with E-state index in [4.69, 9.17) is 9.40 Å². The Hall–Kier alpha value is -3.50. The lowest BCUT2D eigenvalue weighted by atomic mass is 10.0. The molecule has 0 N–H and O–H groups in total. The van der Waals surface area contributed by atoms with Gasteiger partial charge in [-0.2, -0.15) is 0 Å². The van der Waals surface area contributed by atoms with Crippen molar-refractivity contribution in [3.05, 3.63) is 96.0 Å². The Bertz CT molecular complexity index is 1330. The normalized spacial score (nSPS) is 11.6. The van der Waals surface area contributed by atoms with Crippen LogP contribution in [0.5, 0.6) is 0 Å². The van der Waals surface area contributed by atoms with Crippen LogP contribution >= 0.6 is 0 Å². The standard InChI is InChI=1S/C26H23N3O/c1-18-25(17-29(2)16-20-10-6-14-24-22(20)13-7-15-27-24)28-26(30-18)23-12-5-9-19-8-3-4-11-21(19)23/h3-15H,16-17H2,1-2H3. The maximum atomic E-state index is 6.08. The molecule has 2 heterocycles. The summed E-state index contributed by atoms with van der Waals surface area (Å²) in [6.07, 6.45) is 1.84. The predicted molar refractivity (Wildman–Crippen MR) is 121 cm³/mol. The smallest absolute Gasteiger partial charge is 0.227 e. The van der Waals surface area contributed by atoms with Crippen molar-refractivity contribution in [2.24, 2.45) is 0 Å². The van der Waals surface area contributed by atoms with Gasteiger partial charge in [0.05, 0.1) is 11.2 Å². The second-order valence-corrected chi connectivity index (χ2v) is 7.71. The van der Waals surface area contributed by atoms with Gasteiger partial charge >= 0.3 is 0 Å². The van der Waals surface area contributed by atoms with Crippen molar-refractivity contribution < 1.29 is 4.42 Å². The second kappa shape index (κ2) is 7.73. The maximum absolute atomic E-state index is 6.08. The molecule has 4 nitrogen and oxygen atoms in total. The molecule has 3 aromatic carbocycles. The second-order valence-electron chi connectivity index (χ2n) is 7.71. The lowest BCUT2D eigenvalue weighted by molar-refractivity contribution is 0.314. The Morgan fingerprint density at radius 1 is 0.833 bits per heavy atom. The molecular formula is C26H23N3O. The Labute approximate surface area is 175 Å². The van der Waals surface area contributed by atoms with E-state index in [0.717, 1.165) is 41.0 Å². The monoisotopic (exact) mass is 393 g/mol. The van der Waals surface area contributed by atoms with Gasteiger partial charge in [0.1, 0.15) is 5.76 Å². The molecule has 0 aliphatic carbocycles. The molecule has 0 aliphatic rings. The third-order valence-corrected chi connectivity index (χ3v) is 5.51. The highest BCUT2D eigenvalue weighted by molar-refractivity contribution is 5.94. The SMILES string of the molecule is Cc1oc(-c2cccc3ccccc23)nc1CN(C)Cc1cccc2ncccc12. The summed E-state index contributed by atoms with van der Waals surface area (Å²) in [5.74, 6) is 1.55. The van der Waals surface area contributed by atoms with E-state index in [1.54, 1.807) is 0 Å². The highest BCUT2D eigenvalue weighted by atomic mass is 16.4. The average molecular weight is 393 g/mol. The summed E-state index contributed by atoms with van der Waals surface area (Å²) in [6.45, 7) is 3.53. The zero-order chi connectivity index (χ0) is 20.5. The number of pyridine rings is 1. The van der Waals surface area contributed by atoms with E-state index in [0.29, 0.717) is 5.89 Å². The Morgan fingerprint density at radius 2 is 1.63 bits per heavy atom. The minimum absolute atomic E-state index is 0.682. The van der Waals surface area contributed by atoms with Crippen LogP contribution in [0.4, 0.5) is 0 Å². The lowest BCUT2D eigenvalue weighted by Crippen LogP contribution is -2.18. The number of hydrogen-bond acceptors (Lipinski definition) is 4. The Kier molecular flexibility index (Phi) is 4.77.